The lowest BCUT2D eigenvalue weighted by Crippen LogP contribution is -1.98. The minimum Gasteiger partial charge on any atom is -0.391 e. The highest BCUT2D eigenvalue weighted by atomic mass is 16.6. The van der Waals surface area contributed by atoms with E-state index in [0.29, 0.717) is 18.7 Å². The number of aliphatic hydroxyl groups is 2. The molecule has 2 heterocycles. The summed E-state index contributed by atoms with van der Waals surface area (Å²) < 4.78 is 1.63. The molecule has 1 aliphatic rings. The van der Waals surface area contributed by atoms with Crippen molar-refractivity contribution in [3.05, 3.63) is 27.6 Å². The first-order chi connectivity index (χ1) is 6.65. The van der Waals surface area contributed by atoms with E-state index in [-0.39, 0.29) is 11.3 Å². The van der Waals surface area contributed by atoms with Gasteiger partial charge in [-0.05, 0) is 6.42 Å². The Morgan fingerprint density at radius 3 is 3.00 bits per heavy atom. The Morgan fingerprint density at radius 1 is 1.71 bits per heavy atom. The summed E-state index contributed by atoms with van der Waals surface area (Å²) in [6.07, 6.45) is 1.24. The second kappa shape index (κ2) is 3.07. The molecule has 1 atom stereocenters. The summed E-state index contributed by atoms with van der Waals surface area (Å²) in [7, 11) is 0. The van der Waals surface area contributed by atoms with E-state index < -0.39 is 17.6 Å². The predicted molar refractivity (Wildman–Crippen MR) is 46.6 cm³/mol. The quantitative estimate of drug-likeness (QED) is 0.529. The monoisotopic (exact) mass is 198 g/mol. The molecule has 6 heteroatoms. The van der Waals surface area contributed by atoms with Crippen LogP contribution in [0.1, 0.15) is 23.8 Å². The number of nitrogens with zero attached hydrogens (tertiary/aromatic N) is 2. The average Bonchev–Trinajstić information content (AvgIpc) is 2.66. The SMILES string of the molecule is O=[N+]([O-])c1cn2c(c1CO)C(O)CC2. The third-order valence-corrected chi connectivity index (χ3v) is 2.52. The molecule has 0 radical (unpaired) electrons. The van der Waals surface area contributed by atoms with Gasteiger partial charge in [-0.2, -0.15) is 0 Å². The zero-order valence-electron chi connectivity index (χ0n) is 7.38. The highest BCUT2D eigenvalue weighted by molar-refractivity contribution is 5.45. The van der Waals surface area contributed by atoms with Crippen LogP contribution in [0.4, 0.5) is 5.69 Å². The molecule has 76 valence electrons. The fraction of sp³-hybridized carbons (Fsp3) is 0.500. The van der Waals surface area contributed by atoms with Gasteiger partial charge in [-0.1, -0.05) is 0 Å². The third kappa shape index (κ3) is 1.11. The molecule has 14 heavy (non-hydrogen) atoms. The highest BCUT2D eigenvalue weighted by Gasteiger charge is 2.31. The van der Waals surface area contributed by atoms with Gasteiger partial charge in [-0.25, -0.2) is 0 Å². The van der Waals surface area contributed by atoms with E-state index in [1.54, 1.807) is 4.57 Å². The topological polar surface area (TPSA) is 88.5 Å². The first kappa shape index (κ1) is 9.17. The summed E-state index contributed by atoms with van der Waals surface area (Å²) >= 11 is 0. The van der Waals surface area contributed by atoms with Crippen LogP contribution in [0, 0.1) is 10.1 Å². The molecule has 0 spiro atoms. The third-order valence-electron chi connectivity index (χ3n) is 2.52. The summed E-state index contributed by atoms with van der Waals surface area (Å²) in [6, 6.07) is 0. The fourth-order valence-electron chi connectivity index (χ4n) is 1.89. The van der Waals surface area contributed by atoms with Gasteiger partial charge >= 0.3 is 0 Å². The Hall–Kier alpha value is -1.40. The zero-order chi connectivity index (χ0) is 10.3. The second-order valence-electron chi connectivity index (χ2n) is 3.29. The van der Waals surface area contributed by atoms with Crippen LogP contribution in [0.5, 0.6) is 0 Å². The summed E-state index contributed by atoms with van der Waals surface area (Å²) in [6.45, 7) is 0.160. The maximum absolute atomic E-state index is 10.6. The molecule has 0 amide bonds. The zero-order valence-corrected chi connectivity index (χ0v) is 7.38. The Kier molecular flexibility index (Phi) is 2.01. The summed E-state index contributed by atoms with van der Waals surface area (Å²) in [5.41, 5.74) is 0.612. The fourth-order valence-corrected chi connectivity index (χ4v) is 1.89. The van der Waals surface area contributed by atoms with Crippen LogP contribution in [-0.2, 0) is 13.2 Å². The molecule has 1 unspecified atom stereocenters. The van der Waals surface area contributed by atoms with Crippen molar-refractivity contribution in [1.29, 1.82) is 0 Å². The molecule has 0 fully saturated rings. The number of aromatic nitrogens is 1. The van der Waals surface area contributed by atoms with E-state index in [2.05, 4.69) is 0 Å². The molecule has 0 bridgehead atoms. The summed E-state index contributed by atoms with van der Waals surface area (Å²) in [5.74, 6) is 0. The van der Waals surface area contributed by atoms with Gasteiger partial charge in [-0.3, -0.25) is 10.1 Å². The lowest BCUT2D eigenvalue weighted by atomic mass is 10.1. The molecule has 0 aliphatic carbocycles. The number of aryl methyl sites for hydroxylation is 1. The van der Waals surface area contributed by atoms with Crippen molar-refractivity contribution < 1.29 is 15.1 Å². The molecule has 6 nitrogen and oxygen atoms in total. The van der Waals surface area contributed by atoms with Gasteiger partial charge in [0.2, 0.25) is 0 Å². The van der Waals surface area contributed by atoms with E-state index in [0.717, 1.165) is 0 Å². The van der Waals surface area contributed by atoms with Crippen LogP contribution >= 0.6 is 0 Å². The second-order valence-corrected chi connectivity index (χ2v) is 3.29. The van der Waals surface area contributed by atoms with Gasteiger partial charge in [0, 0.05) is 6.54 Å². The van der Waals surface area contributed by atoms with Crippen molar-refractivity contribution in [2.24, 2.45) is 0 Å². The number of aliphatic hydroxyl groups excluding tert-OH is 2. The Balaban J connectivity index is 2.57. The minimum atomic E-state index is -0.689. The number of hydrogen-bond donors (Lipinski definition) is 2. The van der Waals surface area contributed by atoms with E-state index in [1.165, 1.54) is 6.20 Å². The molecular formula is C8H10N2O4. The average molecular weight is 198 g/mol. The van der Waals surface area contributed by atoms with Crippen LogP contribution in [0.2, 0.25) is 0 Å². The molecule has 2 N–H and O–H groups in total. The van der Waals surface area contributed by atoms with Crippen molar-refractivity contribution in [2.45, 2.75) is 25.7 Å². The van der Waals surface area contributed by atoms with E-state index in [9.17, 15) is 15.2 Å². The molecule has 0 aromatic carbocycles. The van der Waals surface area contributed by atoms with Crippen molar-refractivity contribution >= 4 is 5.69 Å². The molecule has 0 saturated heterocycles. The number of nitro groups is 1. The van der Waals surface area contributed by atoms with Crippen molar-refractivity contribution in [1.82, 2.24) is 4.57 Å². The Labute approximate surface area is 79.5 Å². The minimum absolute atomic E-state index is 0.110. The first-order valence-corrected chi connectivity index (χ1v) is 4.30. The van der Waals surface area contributed by atoms with Gasteiger partial charge < -0.3 is 14.8 Å². The van der Waals surface area contributed by atoms with E-state index in [4.69, 9.17) is 5.11 Å². The lowest BCUT2D eigenvalue weighted by molar-refractivity contribution is -0.385. The van der Waals surface area contributed by atoms with Gasteiger partial charge in [-0.15, -0.1) is 0 Å². The summed E-state index contributed by atoms with van der Waals surface area (Å²) in [5, 5.41) is 29.1. The molecule has 1 aromatic heterocycles. The van der Waals surface area contributed by atoms with Crippen LogP contribution in [0.15, 0.2) is 6.20 Å². The normalized spacial score (nSPS) is 19.7. The molecule has 0 saturated carbocycles. The Morgan fingerprint density at radius 2 is 2.43 bits per heavy atom. The number of fused-ring (bicyclic) bond motifs is 1. The largest absolute Gasteiger partial charge is 0.391 e. The maximum Gasteiger partial charge on any atom is 0.292 e. The van der Waals surface area contributed by atoms with Crippen LogP contribution < -0.4 is 0 Å². The van der Waals surface area contributed by atoms with Crippen LogP contribution in [-0.4, -0.2) is 19.7 Å². The summed E-state index contributed by atoms with van der Waals surface area (Å²) in [4.78, 5) is 10.1. The highest BCUT2D eigenvalue weighted by Crippen LogP contribution is 2.35. The van der Waals surface area contributed by atoms with Crippen LogP contribution in [0.3, 0.4) is 0 Å². The van der Waals surface area contributed by atoms with Gasteiger partial charge in [0.1, 0.15) is 0 Å². The molecule has 2 rings (SSSR count). The van der Waals surface area contributed by atoms with Crippen LogP contribution in [0.25, 0.3) is 0 Å². The maximum atomic E-state index is 10.6. The van der Waals surface area contributed by atoms with E-state index >= 15 is 0 Å². The standard InChI is InChI=1S/C8H10N2O4/c11-4-5-6(10(13)14)3-9-2-1-7(12)8(5)9/h3,7,11-12H,1-2,4H2. The van der Waals surface area contributed by atoms with Crippen molar-refractivity contribution in [2.75, 3.05) is 0 Å². The lowest BCUT2D eigenvalue weighted by Gasteiger charge is -2.02. The van der Waals surface area contributed by atoms with Crippen molar-refractivity contribution in [3.8, 4) is 0 Å². The van der Waals surface area contributed by atoms with Crippen molar-refractivity contribution in [3.63, 3.8) is 0 Å². The number of rotatable bonds is 2. The molecule has 1 aromatic rings. The Bertz CT molecular complexity index is 385. The van der Waals surface area contributed by atoms with Gasteiger partial charge in [0.15, 0.2) is 0 Å². The predicted octanol–water partition coefficient (Wildman–Crippen LogP) is 0.326. The van der Waals surface area contributed by atoms with Gasteiger partial charge in [0.25, 0.3) is 5.69 Å². The smallest absolute Gasteiger partial charge is 0.292 e. The first-order valence-electron chi connectivity index (χ1n) is 4.30. The molecular weight excluding hydrogens is 188 g/mol. The van der Waals surface area contributed by atoms with E-state index in [1.807, 2.05) is 0 Å². The van der Waals surface area contributed by atoms with Gasteiger partial charge in [0.05, 0.1) is 35.1 Å². The number of hydrogen-bond acceptors (Lipinski definition) is 4. The molecule has 1 aliphatic heterocycles.